The summed E-state index contributed by atoms with van der Waals surface area (Å²) in [5.74, 6) is -0.0646. The molecule has 0 spiro atoms. The predicted octanol–water partition coefficient (Wildman–Crippen LogP) is 6.22. The second kappa shape index (κ2) is 6.84. The molecule has 0 aliphatic carbocycles. The molecule has 0 radical (unpaired) electrons. The monoisotopic (exact) mass is 328 g/mol. The van der Waals surface area contributed by atoms with Crippen molar-refractivity contribution in [2.45, 2.75) is 16.7 Å². The van der Waals surface area contributed by atoms with Crippen LogP contribution in [0.3, 0.4) is 0 Å². The lowest BCUT2D eigenvalue weighted by Gasteiger charge is -2.12. The molecule has 0 fully saturated rings. The zero-order chi connectivity index (χ0) is 16.2. The average molecular weight is 328 g/mol. The Balaban J connectivity index is 1.95. The van der Waals surface area contributed by atoms with Crippen LogP contribution in [0.2, 0.25) is 0 Å². The molecule has 0 heterocycles. The van der Waals surface area contributed by atoms with Gasteiger partial charge in [0.1, 0.15) is 23.1 Å². The molecule has 0 aromatic heterocycles. The third kappa shape index (κ3) is 3.71. The molecule has 0 amide bonds. The minimum absolute atomic E-state index is 0.335. The van der Waals surface area contributed by atoms with Crippen molar-refractivity contribution in [3.8, 4) is 11.5 Å². The van der Waals surface area contributed by atoms with Crippen LogP contribution in [0.25, 0.3) is 0 Å². The second-order valence-corrected chi connectivity index (χ2v) is 6.05. The van der Waals surface area contributed by atoms with Gasteiger partial charge in [0.2, 0.25) is 0 Å². The summed E-state index contributed by atoms with van der Waals surface area (Å²) >= 11 is 1.30. The van der Waals surface area contributed by atoms with E-state index in [4.69, 9.17) is 4.74 Å². The standard InChI is InChI=1S/C19H14F2OS/c1-13-6-2-3-11-18(13)23-19-16(21)9-5-10-17(19)22-15-8-4-7-14(20)12-15/h2-12H,1H3. The molecule has 3 rings (SSSR count). The van der Waals surface area contributed by atoms with Crippen LogP contribution in [0.4, 0.5) is 8.78 Å². The fourth-order valence-electron chi connectivity index (χ4n) is 2.11. The van der Waals surface area contributed by atoms with E-state index in [0.29, 0.717) is 16.4 Å². The molecule has 0 saturated heterocycles. The first kappa shape index (κ1) is 15.6. The molecule has 0 unspecified atom stereocenters. The Kier molecular flexibility index (Phi) is 4.63. The largest absolute Gasteiger partial charge is 0.456 e. The number of benzene rings is 3. The predicted molar refractivity (Wildman–Crippen MR) is 88.2 cm³/mol. The Morgan fingerprint density at radius 2 is 1.65 bits per heavy atom. The SMILES string of the molecule is Cc1ccccc1Sc1c(F)cccc1Oc1cccc(F)c1. The first-order valence-electron chi connectivity index (χ1n) is 7.09. The van der Waals surface area contributed by atoms with E-state index < -0.39 is 5.82 Å². The summed E-state index contributed by atoms with van der Waals surface area (Å²) in [7, 11) is 0. The van der Waals surface area contributed by atoms with E-state index in [1.807, 2.05) is 31.2 Å². The van der Waals surface area contributed by atoms with Crippen LogP contribution in [0.1, 0.15) is 5.56 Å². The van der Waals surface area contributed by atoms with E-state index in [9.17, 15) is 8.78 Å². The fourth-order valence-corrected chi connectivity index (χ4v) is 3.08. The molecule has 0 aliphatic rings. The van der Waals surface area contributed by atoms with Crippen molar-refractivity contribution in [3.63, 3.8) is 0 Å². The van der Waals surface area contributed by atoms with Gasteiger partial charge in [-0.1, -0.05) is 42.1 Å². The van der Waals surface area contributed by atoms with E-state index in [2.05, 4.69) is 0 Å². The third-order valence-electron chi connectivity index (χ3n) is 3.26. The maximum atomic E-state index is 14.3. The third-order valence-corrected chi connectivity index (χ3v) is 4.54. The van der Waals surface area contributed by atoms with Crippen molar-refractivity contribution < 1.29 is 13.5 Å². The van der Waals surface area contributed by atoms with Gasteiger partial charge in [0.15, 0.2) is 0 Å². The van der Waals surface area contributed by atoms with Gasteiger partial charge in [-0.2, -0.15) is 0 Å². The quantitative estimate of drug-likeness (QED) is 0.562. The zero-order valence-electron chi connectivity index (χ0n) is 12.4. The summed E-state index contributed by atoms with van der Waals surface area (Å²) in [6, 6.07) is 18.2. The number of hydrogen-bond donors (Lipinski definition) is 0. The maximum absolute atomic E-state index is 14.3. The van der Waals surface area contributed by atoms with Gasteiger partial charge >= 0.3 is 0 Å². The molecule has 0 saturated carbocycles. The number of hydrogen-bond acceptors (Lipinski definition) is 2. The Morgan fingerprint density at radius 3 is 2.43 bits per heavy atom. The highest BCUT2D eigenvalue weighted by molar-refractivity contribution is 7.99. The maximum Gasteiger partial charge on any atom is 0.144 e. The van der Waals surface area contributed by atoms with Crippen molar-refractivity contribution in [2.75, 3.05) is 0 Å². The van der Waals surface area contributed by atoms with E-state index in [1.165, 1.54) is 30.0 Å². The summed E-state index contributed by atoms with van der Waals surface area (Å²) in [5.41, 5.74) is 1.05. The minimum atomic E-state index is -0.396. The van der Waals surface area contributed by atoms with Crippen LogP contribution in [0.5, 0.6) is 11.5 Å². The van der Waals surface area contributed by atoms with Gasteiger partial charge in [-0.25, -0.2) is 8.78 Å². The molecule has 0 aliphatic heterocycles. The van der Waals surface area contributed by atoms with E-state index in [1.54, 1.807) is 24.3 Å². The van der Waals surface area contributed by atoms with Gasteiger partial charge in [-0.15, -0.1) is 0 Å². The van der Waals surface area contributed by atoms with Crippen LogP contribution < -0.4 is 4.74 Å². The van der Waals surface area contributed by atoms with Crippen molar-refractivity contribution in [2.24, 2.45) is 0 Å². The lowest BCUT2D eigenvalue weighted by atomic mass is 10.2. The highest BCUT2D eigenvalue weighted by Crippen LogP contribution is 2.40. The van der Waals surface area contributed by atoms with E-state index in [-0.39, 0.29) is 5.82 Å². The Labute approximate surface area is 137 Å². The zero-order valence-corrected chi connectivity index (χ0v) is 13.2. The molecular weight excluding hydrogens is 314 g/mol. The van der Waals surface area contributed by atoms with Gasteiger partial charge in [0, 0.05) is 11.0 Å². The van der Waals surface area contributed by atoms with Crippen LogP contribution in [-0.4, -0.2) is 0 Å². The van der Waals surface area contributed by atoms with Crippen LogP contribution in [-0.2, 0) is 0 Å². The summed E-state index contributed by atoms with van der Waals surface area (Å²) in [5, 5.41) is 0. The molecule has 3 aromatic rings. The molecule has 0 N–H and O–H groups in total. The second-order valence-electron chi connectivity index (χ2n) is 4.99. The fraction of sp³-hybridized carbons (Fsp3) is 0.0526. The summed E-state index contributed by atoms with van der Waals surface area (Å²) in [6.07, 6.45) is 0. The van der Waals surface area contributed by atoms with Gasteiger partial charge in [0.05, 0.1) is 4.90 Å². The van der Waals surface area contributed by atoms with Crippen LogP contribution >= 0.6 is 11.8 Å². The van der Waals surface area contributed by atoms with Crippen molar-refractivity contribution in [1.29, 1.82) is 0 Å². The Morgan fingerprint density at radius 1 is 0.870 bits per heavy atom. The van der Waals surface area contributed by atoms with E-state index in [0.717, 1.165) is 10.5 Å². The van der Waals surface area contributed by atoms with Gasteiger partial charge in [-0.3, -0.25) is 0 Å². The molecule has 0 bridgehead atoms. The van der Waals surface area contributed by atoms with Crippen molar-refractivity contribution in [1.82, 2.24) is 0 Å². The average Bonchev–Trinajstić information content (AvgIpc) is 2.52. The first-order valence-corrected chi connectivity index (χ1v) is 7.90. The molecule has 1 nitrogen and oxygen atoms in total. The van der Waals surface area contributed by atoms with Crippen molar-refractivity contribution in [3.05, 3.63) is 83.9 Å². The first-order chi connectivity index (χ1) is 11.1. The minimum Gasteiger partial charge on any atom is -0.456 e. The molecule has 116 valence electrons. The molecule has 4 heteroatoms. The Bertz CT molecular complexity index is 833. The summed E-state index contributed by atoms with van der Waals surface area (Å²) in [6.45, 7) is 1.97. The molecule has 3 aromatic carbocycles. The smallest absolute Gasteiger partial charge is 0.144 e. The highest BCUT2D eigenvalue weighted by atomic mass is 32.2. The number of ether oxygens (including phenoxy) is 1. The topological polar surface area (TPSA) is 9.23 Å². The summed E-state index contributed by atoms with van der Waals surface area (Å²) in [4.78, 5) is 1.33. The normalized spacial score (nSPS) is 10.6. The number of aryl methyl sites for hydroxylation is 1. The van der Waals surface area contributed by atoms with Gasteiger partial charge in [-0.05, 0) is 42.8 Å². The van der Waals surface area contributed by atoms with Gasteiger partial charge in [0.25, 0.3) is 0 Å². The molecule has 0 atom stereocenters. The van der Waals surface area contributed by atoms with Crippen LogP contribution in [0.15, 0.2) is 76.5 Å². The summed E-state index contributed by atoms with van der Waals surface area (Å²) < 4.78 is 33.2. The van der Waals surface area contributed by atoms with Gasteiger partial charge < -0.3 is 4.74 Å². The molecular formula is C19H14F2OS. The number of rotatable bonds is 4. The van der Waals surface area contributed by atoms with Crippen LogP contribution in [0, 0.1) is 18.6 Å². The van der Waals surface area contributed by atoms with E-state index >= 15 is 0 Å². The lowest BCUT2D eigenvalue weighted by Crippen LogP contribution is -1.91. The highest BCUT2D eigenvalue weighted by Gasteiger charge is 2.13. The lowest BCUT2D eigenvalue weighted by molar-refractivity contribution is 0.454. The molecule has 23 heavy (non-hydrogen) atoms. The van der Waals surface area contributed by atoms with Crippen molar-refractivity contribution >= 4 is 11.8 Å². The Hall–Kier alpha value is -2.33. The number of halogens is 2.